The third-order valence-corrected chi connectivity index (χ3v) is 27.5. The van der Waals surface area contributed by atoms with Crippen LogP contribution < -0.4 is 0 Å². The van der Waals surface area contributed by atoms with Gasteiger partial charge in [-0.05, 0) is 161 Å². The number of ketones is 2. The molecule has 4 aliphatic rings. The van der Waals surface area contributed by atoms with Gasteiger partial charge in [-0.3, -0.25) is 9.59 Å². The fraction of sp³-hybridized carbons (Fsp3) is 0.0698. The van der Waals surface area contributed by atoms with Crippen LogP contribution in [0.15, 0.2) is 229 Å². The number of thiophene rings is 6. The lowest BCUT2D eigenvalue weighted by molar-refractivity contribution is 0.103. The van der Waals surface area contributed by atoms with Gasteiger partial charge >= 0.3 is 0 Å². The van der Waals surface area contributed by atoms with Gasteiger partial charge in [-0.1, -0.05) is 180 Å². The summed E-state index contributed by atoms with van der Waals surface area (Å²) >= 11 is 10.6. The highest BCUT2D eigenvalue weighted by Gasteiger charge is 2.54. The Morgan fingerprint density at radius 1 is 0.367 bits per heavy atom. The number of benzene rings is 8. The predicted octanol–water partition coefficient (Wildman–Crippen LogP) is 23.0. The number of nitrogens with zero attached hydrogens (tertiary/aromatic N) is 4. The van der Waals surface area contributed by atoms with Crippen molar-refractivity contribution in [3.8, 4) is 65.4 Å². The topological polar surface area (TPSA) is 129 Å². The zero-order valence-electron chi connectivity index (χ0n) is 52.8. The maximum atomic E-state index is 14.0. The number of carbonyl (C=O) groups is 2. The first kappa shape index (κ1) is 59.5. The lowest BCUT2D eigenvalue weighted by Gasteiger charge is -2.36. The molecular weight excluding hydrogens is 1310 g/mol. The summed E-state index contributed by atoms with van der Waals surface area (Å²) in [6, 6.07) is 82.3. The SMILES string of the molecule is Cc1ccc(C2(c3ccc(C)cc3)c3cc4c(cc3-c3sc5cc(-c6ccc(/C=C7\C(=O)c8ccccc8C7=C(C#N)C#N)s6)ccc5c32)C(c2ccc(C)cc2)(c2ccc(C)cc2)c2c-4sc3c2sc2cc(-c4ccc(/C=C5\C(=O)c6ccccc6C5=C(C#N)C#N)s4)sc23)cc1. The molecule has 0 saturated carbocycles. The Labute approximate surface area is 588 Å². The molecule has 0 bridgehead atoms. The number of hydrogen-bond acceptors (Lipinski definition) is 12. The van der Waals surface area contributed by atoms with Crippen LogP contribution in [0.5, 0.6) is 0 Å². The zero-order valence-corrected chi connectivity index (χ0v) is 57.7. The summed E-state index contributed by atoms with van der Waals surface area (Å²) in [5.74, 6) is -0.387. The van der Waals surface area contributed by atoms with Crippen LogP contribution in [-0.4, -0.2) is 11.6 Å². The molecule has 98 heavy (non-hydrogen) atoms. The summed E-state index contributed by atoms with van der Waals surface area (Å²) in [6.45, 7) is 8.65. The number of rotatable bonds is 8. The summed E-state index contributed by atoms with van der Waals surface area (Å²) < 4.78 is 6.19. The molecule has 0 spiro atoms. The Hall–Kier alpha value is -11.0. The first-order valence-electron chi connectivity index (χ1n) is 31.9. The van der Waals surface area contributed by atoms with Crippen molar-refractivity contribution in [1.29, 1.82) is 21.0 Å². The molecule has 14 aromatic rings. The lowest BCUT2D eigenvalue weighted by Crippen LogP contribution is -2.30. The molecule has 6 aromatic heterocycles. The molecule has 18 rings (SSSR count). The molecule has 6 heterocycles. The number of carbonyl (C=O) groups excluding carboxylic acids is 2. The Kier molecular flexibility index (Phi) is 13.5. The highest BCUT2D eigenvalue weighted by atomic mass is 32.1. The maximum absolute atomic E-state index is 14.0. The van der Waals surface area contributed by atoms with E-state index in [0.717, 1.165) is 29.9 Å². The molecule has 12 heteroatoms. The van der Waals surface area contributed by atoms with Gasteiger partial charge in [-0.15, -0.1) is 68.0 Å². The standard InChI is InChI=1S/C86H48N4O2S6/c1-45-13-22-52(23-14-45)85(53-24-15-46(2)16-25-53)67-39-64-68(38-63(67)80-76(85)62-32-21-49(35-71(62)95-80)69-33-30-56(93-69)36-65-74(50(41-87)42-88)58-9-5-7-11-60(58)78(65)91)86(54-26-17-47(3)18-27-54,55-28-19-48(4)20-29-55)77-81(64)98-84-82-73(97-83(77)84)40-72(96-82)70-34-31-57(94-70)37-66-75(51(43-89)44-90)59-10-6-8-12-61(59)79(66)92/h5-40H,1-4H3/b65-36-,66-37-. The van der Waals surface area contributed by atoms with Crippen LogP contribution in [-0.2, 0) is 10.8 Å². The van der Waals surface area contributed by atoms with Crippen molar-refractivity contribution < 1.29 is 9.59 Å². The van der Waals surface area contributed by atoms with Gasteiger partial charge in [0.25, 0.3) is 0 Å². The second-order valence-electron chi connectivity index (χ2n) is 25.5. The van der Waals surface area contributed by atoms with Crippen molar-refractivity contribution in [2.24, 2.45) is 0 Å². The fourth-order valence-corrected chi connectivity index (χ4v) is 23.3. The van der Waals surface area contributed by atoms with Crippen LogP contribution in [0.25, 0.3) is 93.3 Å². The molecule has 0 N–H and O–H groups in total. The van der Waals surface area contributed by atoms with Gasteiger partial charge < -0.3 is 0 Å². The number of fused-ring (bicyclic) bond motifs is 14. The molecule has 0 atom stereocenters. The first-order valence-corrected chi connectivity index (χ1v) is 36.8. The van der Waals surface area contributed by atoms with E-state index in [1.165, 1.54) is 117 Å². The van der Waals surface area contributed by atoms with Gasteiger partial charge in [0.05, 0.1) is 24.9 Å². The van der Waals surface area contributed by atoms with E-state index >= 15 is 0 Å². The number of Topliss-reactive ketones (excluding diaryl/α,β-unsaturated/α-hetero) is 2. The van der Waals surface area contributed by atoms with Gasteiger partial charge in [-0.25, -0.2) is 0 Å². The van der Waals surface area contributed by atoms with Crippen molar-refractivity contribution in [1.82, 2.24) is 0 Å². The third kappa shape index (κ3) is 8.48. The molecular formula is C86H48N4O2S6. The second kappa shape index (κ2) is 22.3. The summed E-state index contributed by atoms with van der Waals surface area (Å²) in [5.41, 5.74) is 20.2. The molecule has 0 saturated heterocycles. The quantitative estimate of drug-likeness (QED) is 0.110. The van der Waals surface area contributed by atoms with E-state index in [0.29, 0.717) is 44.5 Å². The van der Waals surface area contributed by atoms with Crippen LogP contribution in [0.1, 0.15) is 108 Å². The molecule has 6 nitrogen and oxygen atoms in total. The molecule has 0 unspecified atom stereocenters. The van der Waals surface area contributed by atoms with Crippen molar-refractivity contribution >= 4 is 132 Å². The molecule has 0 amide bonds. The van der Waals surface area contributed by atoms with E-state index < -0.39 is 10.8 Å². The summed E-state index contributed by atoms with van der Waals surface area (Å²) in [4.78, 5) is 35.4. The lowest BCUT2D eigenvalue weighted by atomic mass is 9.65. The minimum absolute atomic E-state index is 0.0759. The molecule has 460 valence electrons. The Balaban J connectivity index is 0.837. The Bertz CT molecular complexity index is 6110. The van der Waals surface area contributed by atoms with Gasteiger partial charge in [-0.2, -0.15) is 21.0 Å². The second-order valence-corrected chi connectivity index (χ2v) is 31.9. The van der Waals surface area contributed by atoms with E-state index in [4.69, 9.17) is 0 Å². The number of hydrogen-bond donors (Lipinski definition) is 0. The van der Waals surface area contributed by atoms with Crippen LogP contribution >= 0.6 is 68.0 Å². The highest BCUT2D eigenvalue weighted by Crippen LogP contribution is 2.68. The summed E-state index contributed by atoms with van der Waals surface area (Å²) in [7, 11) is 0. The van der Waals surface area contributed by atoms with Crippen LogP contribution in [0.3, 0.4) is 0 Å². The molecule has 8 aromatic carbocycles. The van der Waals surface area contributed by atoms with E-state index in [-0.39, 0.29) is 22.7 Å². The summed E-state index contributed by atoms with van der Waals surface area (Å²) in [6.07, 6.45) is 3.68. The maximum Gasteiger partial charge on any atom is 0.194 e. The van der Waals surface area contributed by atoms with Gasteiger partial charge in [0, 0.05) is 82.5 Å². The number of aryl methyl sites for hydroxylation is 4. The first-order chi connectivity index (χ1) is 47.8. The van der Waals surface area contributed by atoms with E-state index in [9.17, 15) is 30.6 Å². The van der Waals surface area contributed by atoms with Crippen molar-refractivity contribution in [3.05, 3.63) is 327 Å². The van der Waals surface area contributed by atoms with Gasteiger partial charge in [0.1, 0.15) is 35.4 Å². The molecule has 4 aliphatic carbocycles. The summed E-state index contributed by atoms with van der Waals surface area (Å²) in [5, 5.41) is 41.4. The monoisotopic (exact) mass is 1360 g/mol. The van der Waals surface area contributed by atoms with E-state index in [1.54, 1.807) is 40.9 Å². The van der Waals surface area contributed by atoms with Crippen molar-refractivity contribution in [2.75, 3.05) is 0 Å². The predicted molar refractivity (Wildman–Crippen MR) is 404 cm³/mol. The highest BCUT2D eigenvalue weighted by molar-refractivity contribution is 7.41. The van der Waals surface area contributed by atoms with Crippen LogP contribution in [0, 0.1) is 73.0 Å². The van der Waals surface area contributed by atoms with E-state index in [2.05, 4.69) is 198 Å². The largest absolute Gasteiger partial charge is 0.289 e. The van der Waals surface area contributed by atoms with Crippen molar-refractivity contribution in [2.45, 2.75) is 38.5 Å². The minimum atomic E-state index is -0.745. The third-order valence-electron chi connectivity index (χ3n) is 20.0. The number of allylic oxidation sites excluding steroid dienone is 6. The minimum Gasteiger partial charge on any atom is -0.289 e. The molecule has 0 fully saturated rings. The normalized spacial score (nSPS) is 15.1. The van der Waals surface area contributed by atoms with Crippen LogP contribution in [0.2, 0.25) is 0 Å². The molecule has 0 aliphatic heterocycles. The fourth-order valence-electron chi connectivity index (χ4n) is 15.6. The Morgan fingerprint density at radius 3 is 1.29 bits per heavy atom. The average molecular weight is 1360 g/mol. The smallest absolute Gasteiger partial charge is 0.194 e. The molecule has 0 radical (unpaired) electrons. The average Bonchev–Trinajstić information content (AvgIpc) is 1.49. The van der Waals surface area contributed by atoms with Crippen LogP contribution in [0.4, 0.5) is 0 Å². The zero-order chi connectivity index (χ0) is 66.6. The van der Waals surface area contributed by atoms with Gasteiger partial charge in [0.2, 0.25) is 0 Å². The van der Waals surface area contributed by atoms with E-state index in [1.807, 2.05) is 100.0 Å². The number of nitriles is 4. The van der Waals surface area contributed by atoms with Gasteiger partial charge in [0.15, 0.2) is 11.6 Å². The Morgan fingerprint density at radius 2 is 0.806 bits per heavy atom. The van der Waals surface area contributed by atoms with Crippen molar-refractivity contribution in [3.63, 3.8) is 0 Å².